The van der Waals surface area contributed by atoms with Gasteiger partial charge in [-0.2, -0.15) is 0 Å². The highest BCUT2D eigenvalue weighted by Gasteiger charge is 2.15. The maximum absolute atomic E-state index is 12.1. The molecule has 1 amide bonds. The Morgan fingerprint density at radius 1 is 1.15 bits per heavy atom. The summed E-state index contributed by atoms with van der Waals surface area (Å²) in [6.07, 6.45) is 6.84. The van der Waals surface area contributed by atoms with Crippen LogP contribution in [0.2, 0.25) is 0 Å². The van der Waals surface area contributed by atoms with Gasteiger partial charge in [-0.1, -0.05) is 0 Å². The van der Waals surface area contributed by atoms with Gasteiger partial charge in [-0.15, -0.1) is 11.3 Å². The van der Waals surface area contributed by atoms with Gasteiger partial charge in [0.2, 0.25) is 5.91 Å². The van der Waals surface area contributed by atoms with Crippen molar-refractivity contribution in [2.75, 3.05) is 13.7 Å². The summed E-state index contributed by atoms with van der Waals surface area (Å²) in [6.45, 7) is 0.609. The normalized spacial score (nSPS) is 13.1. The monoisotopic (exact) mass is 386 g/mol. The summed E-state index contributed by atoms with van der Waals surface area (Å²) in [5.41, 5.74) is 1.92. The molecule has 1 aliphatic rings. The molecule has 0 saturated carbocycles. The van der Waals surface area contributed by atoms with Crippen LogP contribution in [0.3, 0.4) is 0 Å². The van der Waals surface area contributed by atoms with Crippen LogP contribution >= 0.6 is 11.3 Å². The number of aromatic nitrogens is 1. The number of nitrogens with zero attached hydrogens (tertiary/aromatic N) is 1. The van der Waals surface area contributed by atoms with Gasteiger partial charge in [-0.05, 0) is 56.4 Å². The van der Waals surface area contributed by atoms with Crippen molar-refractivity contribution in [1.82, 2.24) is 10.3 Å². The number of thiazole rings is 1. The van der Waals surface area contributed by atoms with Gasteiger partial charge in [-0.25, -0.2) is 4.98 Å². The van der Waals surface area contributed by atoms with Crippen LogP contribution < -0.4 is 10.1 Å². The predicted octanol–water partition coefficient (Wildman–Crippen LogP) is 3.74. The minimum Gasteiger partial charge on any atom is -0.497 e. The standard InChI is InChI=1S/C21H26N2O3S/c1-26-16-11-9-15(10-12-16)18(24)6-4-8-20(25)22-14-13-21-23-17-5-2-3-7-19(17)27-21/h9-12H,2-8,13-14H2,1H3,(H,22,25). The largest absolute Gasteiger partial charge is 0.497 e. The Labute approximate surface area is 164 Å². The van der Waals surface area contributed by atoms with Gasteiger partial charge in [0, 0.05) is 36.2 Å². The zero-order valence-corrected chi connectivity index (χ0v) is 16.6. The first-order valence-electron chi connectivity index (χ1n) is 9.57. The third-order valence-electron chi connectivity index (χ3n) is 4.77. The van der Waals surface area contributed by atoms with E-state index in [1.807, 2.05) is 0 Å². The molecule has 0 spiro atoms. The molecule has 144 valence electrons. The molecule has 0 unspecified atom stereocenters. The number of ketones is 1. The van der Waals surface area contributed by atoms with Crippen molar-refractivity contribution in [2.24, 2.45) is 0 Å². The molecule has 27 heavy (non-hydrogen) atoms. The van der Waals surface area contributed by atoms with Gasteiger partial charge in [-0.3, -0.25) is 9.59 Å². The van der Waals surface area contributed by atoms with E-state index in [1.54, 1.807) is 42.7 Å². The van der Waals surface area contributed by atoms with Gasteiger partial charge in [0.25, 0.3) is 0 Å². The second-order valence-corrected chi connectivity index (χ2v) is 7.96. The maximum atomic E-state index is 12.1. The number of methoxy groups -OCH3 is 1. The number of rotatable bonds is 9. The minimum absolute atomic E-state index is 0.00106. The molecule has 1 N–H and O–H groups in total. The Kier molecular flexibility index (Phi) is 6.98. The predicted molar refractivity (Wildman–Crippen MR) is 107 cm³/mol. The SMILES string of the molecule is COc1ccc(C(=O)CCCC(=O)NCCc2nc3c(s2)CCCC3)cc1. The molecule has 6 heteroatoms. The number of hydrogen-bond acceptors (Lipinski definition) is 5. The van der Waals surface area contributed by atoms with Crippen LogP contribution in [-0.2, 0) is 24.1 Å². The molecule has 1 heterocycles. The Morgan fingerprint density at radius 3 is 2.67 bits per heavy atom. The molecular weight excluding hydrogens is 360 g/mol. The van der Waals surface area contributed by atoms with Crippen molar-refractivity contribution in [3.05, 3.63) is 45.4 Å². The summed E-state index contributed by atoms with van der Waals surface area (Å²) in [5, 5.41) is 4.06. The average molecular weight is 387 g/mol. The van der Waals surface area contributed by atoms with Crippen LogP contribution in [0.25, 0.3) is 0 Å². The second kappa shape index (κ2) is 9.65. The highest BCUT2D eigenvalue weighted by Crippen LogP contribution is 2.26. The number of hydrogen-bond donors (Lipinski definition) is 1. The van der Waals surface area contributed by atoms with Crippen LogP contribution in [0.1, 0.15) is 58.0 Å². The first kappa shape index (κ1) is 19.5. The summed E-state index contributed by atoms with van der Waals surface area (Å²) in [5.74, 6) is 0.782. The summed E-state index contributed by atoms with van der Waals surface area (Å²) < 4.78 is 5.09. The number of nitrogens with one attached hydrogen (secondary N) is 1. The number of ether oxygens (including phenoxy) is 1. The molecule has 1 aliphatic carbocycles. The van der Waals surface area contributed by atoms with Gasteiger partial charge < -0.3 is 10.1 Å². The molecule has 1 aromatic carbocycles. The lowest BCUT2D eigenvalue weighted by Gasteiger charge is -2.06. The Bertz CT molecular complexity index is 760. The molecule has 0 saturated heterocycles. The summed E-state index contributed by atoms with van der Waals surface area (Å²) in [6, 6.07) is 7.07. The van der Waals surface area contributed by atoms with Crippen LogP contribution in [0.15, 0.2) is 24.3 Å². The molecule has 2 aromatic rings. The van der Waals surface area contributed by atoms with Crippen molar-refractivity contribution in [1.29, 1.82) is 0 Å². The van der Waals surface area contributed by atoms with Crippen molar-refractivity contribution in [3.8, 4) is 5.75 Å². The number of Topliss-reactive ketones (excluding diaryl/α,β-unsaturated/α-hetero) is 1. The second-order valence-electron chi connectivity index (χ2n) is 6.79. The summed E-state index contributed by atoms with van der Waals surface area (Å²) >= 11 is 1.79. The first-order chi connectivity index (χ1) is 13.2. The van der Waals surface area contributed by atoms with Crippen molar-refractivity contribution < 1.29 is 14.3 Å². The molecule has 0 fully saturated rings. The van der Waals surface area contributed by atoms with Crippen LogP contribution in [0.4, 0.5) is 0 Å². The lowest BCUT2D eigenvalue weighted by Crippen LogP contribution is -2.25. The van der Waals surface area contributed by atoms with E-state index in [2.05, 4.69) is 5.32 Å². The lowest BCUT2D eigenvalue weighted by atomic mass is 10.0. The Morgan fingerprint density at radius 2 is 1.93 bits per heavy atom. The van der Waals surface area contributed by atoms with Crippen molar-refractivity contribution in [3.63, 3.8) is 0 Å². The third kappa shape index (κ3) is 5.63. The highest BCUT2D eigenvalue weighted by atomic mass is 32.1. The zero-order valence-electron chi connectivity index (χ0n) is 15.8. The number of amides is 1. The molecular formula is C21H26N2O3S. The minimum atomic E-state index is -0.00106. The summed E-state index contributed by atoms with van der Waals surface area (Å²) in [7, 11) is 1.60. The van der Waals surface area contributed by atoms with E-state index in [1.165, 1.54) is 23.4 Å². The van der Waals surface area contributed by atoms with Gasteiger partial charge >= 0.3 is 0 Å². The Balaban J connectivity index is 1.33. The number of benzene rings is 1. The van der Waals surface area contributed by atoms with Crippen LogP contribution in [-0.4, -0.2) is 30.3 Å². The van der Waals surface area contributed by atoms with E-state index >= 15 is 0 Å². The van der Waals surface area contributed by atoms with Gasteiger partial charge in [0.05, 0.1) is 17.8 Å². The topological polar surface area (TPSA) is 68.3 Å². The molecule has 3 rings (SSSR count). The molecule has 0 aliphatic heterocycles. The fourth-order valence-corrected chi connectivity index (χ4v) is 4.40. The number of carbonyl (C=O) groups is 2. The highest BCUT2D eigenvalue weighted by molar-refractivity contribution is 7.11. The molecule has 1 aromatic heterocycles. The maximum Gasteiger partial charge on any atom is 0.220 e. The fourth-order valence-electron chi connectivity index (χ4n) is 3.24. The van der Waals surface area contributed by atoms with Crippen molar-refractivity contribution in [2.45, 2.75) is 51.4 Å². The van der Waals surface area contributed by atoms with Crippen LogP contribution in [0.5, 0.6) is 5.75 Å². The molecule has 0 bridgehead atoms. The van der Waals surface area contributed by atoms with Gasteiger partial charge in [0.1, 0.15) is 5.75 Å². The fraction of sp³-hybridized carbons (Fsp3) is 0.476. The van der Waals surface area contributed by atoms with E-state index in [-0.39, 0.29) is 11.7 Å². The first-order valence-corrected chi connectivity index (χ1v) is 10.4. The van der Waals surface area contributed by atoms with E-state index in [4.69, 9.17) is 9.72 Å². The van der Waals surface area contributed by atoms with E-state index in [9.17, 15) is 9.59 Å². The number of fused-ring (bicyclic) bond motifs is 1. The van der Waals surface area contributed by atoms with E-state index < -0.39 is 0 Å². The number of aryl methyl sites for hydroxylation is 2. The van der Waals surface area contributed by atoms with E-state index in [0.717, 1.165) is 30.0 Å². The Hall–Kier alpha value is -2.21. The molecule has 0 atom stereocenters. The molecule has 5 nitrogen and oxygen atoms in total. The average Bonchev–Trinajstić information content (AvgIpc) is 3.10. The zero-order chi connectivity index (χ0) is 19.1. The molecule has 0 radical (unpaired) electrons. The summed E-state index contributed by atoms with van der Waals surface area (Å²) in [4.78, 5) is 30.2. The number of carbonyl (C=O) groups excluding carboxylic acids is 2. The van der Waals surface area contributed by atoms with Crippen LogP contribution in [0, 0.1) is 0 Å². The van der Waals surface area contributed by atoms with Crippen molar-refractivity contribution >= 4 is 23.0 Å². The smallest absolute Gasteiger partial charge is 0.220 e. The van der Waals surface area contributed by atoms with E-state index in [0.29, 0.717) is 31.4 Å². The lowest BCUT2D eigenvalue weighted by molar-refractivity contribution is -0.121. The third-order valence-corrected chi connectivity index (χ3v) is 5.99. The quantitative estimate of drug-likeness (QED) is 0.667. The van der Waals surface area contributed by atoms with Gasteiger partial charge in [0.15, 0.2) is 5.78 Å².